The fraction of sp³-hybridized carbons (Fsp3) is 0.400. The van der Waals surface area contributed by atoms with Gasteiger partial charge in [-0.15, -0.1) is 6.42 Å². The third kappa shape index (κ3) is 2.99. The normalized spacial score (nSPS) is 24.8. The largest absolute Gasteiger partial charge is 0.508 e. The van der Waals surface area contributed by atoms with Crippen LogP contribution in [0.5, 0.6) is 5.75 Å². The third-order valence-electron chi connectivity index (χ3n) is 9.08. The molecular formula is C30H26F2N4O. The van der Waals surface area contributed by atoms with Gasteiger partial charge in [0.05, 0.1) is 23.0 Å². The van der Waals surface area contributed by atoms with Crippen molar-refractivity contribution in [3.05, 3.63) is 52.9 Å². The number of rotatable bonds is 4. The summed E-state index contributed by atoms with van der Waals surface area (Å²) in [7, 11) is 0. The number of piperidine rings is 1. The summed E-state index contributed by atoms with van der Waals surface area (Å²) in [6, 6.07) is 6.01. The van der Waals surface area contributed by atoms with E-state index in [0.717, 1.165) is 62.0 Å². The molecule has 0 amide bonds. The molecule has 2 N–H and O–H groups in total. The lowest BCUT2D eigenvalue weighted by atomic mass is 9.80. The second kappa shape index (κ2) is 7.52. The lowest BCUT2D eigenvalue weighted by Crippen LogP contribution is -2.15. The van der Waals surface area contributed by atoms with Gasteiger partial charge >= 0.3 is 0 Å². The average Bonchev–Trinajstić information content (AvgIpc) is 3.73. The molecule has 7 heteroatoms. The average molecular weight is 497 g/mol. The zero-order valence-corrected chi connectivity index (χ0v) is 20.3. The van der Waals surface area contributed by atoms with Crippen molar-refractivity contribution in [2.75, 3.05) is 13.1 Å². The minimum Gasteiger partial charge on any atom is -0.508 e. The van der Waals surface area contributed by atoms with Crippen LogP contribution >= 0.6 is 0 Å². The summed E-state index contributed by atoms with van der Waals surface area (Å²) in [5.41, 5.74) is 2.90. The maximum atomic E-state index is 16.8. The topological polar surface area (TPSA) is 63.0 Å². The number of nitrogens with zero attached hydrogens (tertiary/aromatic N) is 3. The number of aromatic nitrogens is 3. The number of hydrogen-bond donors (Lipinski definition) is 2. The summed E-state index contributed by atoms with van der Waals surface area (Å²) < 4.78 is 33.5. The zero-order valence-electron chi connectivity index (χ0n) is 20.3. The van der Waals surface area contributed by atoms with Crippen LogP contribution in [0.3, 0.4) is 0 Å². The minimum atomic E-state index is -0.554. The van der Waals surface area contributed by atoms with Gasteiger partial charge in [-0.3, -0.25) is 4.68 Å². The van der Waals surface area contributed by atoms with Crippen molar-refractivity contribution in [1.29, 1.82) is 0 Å². The number of aromatic hydroxyl groups is 1. The number of benzene rings is 2. The van der Waals surface area contributed by atoms with Crippen molar-refractivity contribution in [2.45, 2.75) is 50.0 Å². The molecule has 3 heterocycles. The minimum absolute atomic E-state index is 0.0433. The number of phenols is 1. The van der Waals surface area contributed by atoms with Gasteiger partial charge in [0.2, 0.25) is 0 Å². The van der Waals surface area contributed by atoms with Crippen molar-refractivity contribution in [3.8, 4) is 29.4 Å². The molecule has 4 fully saturated rings. The van der Waals surface area contributed by atoms with Gasteiger partial charge in [0, 0.05) is 28.2 Å². The van der Waals surface area contributed by atoms with Crippen molar-refractivity contribution in [1.82, 2.24) is 20.1 Å². The Morgan fingerprint density at radius 1 is 1.03 bits per heavy atom. The molecule has 8 rings (SSSR count). The first kappa shape index (κ1) is 21.6. The molecule has 1 saturated heterocycles. The molecule has 4 aliphatic rings. The number of phenolic OH excluding ortho intramolecular Hbond substituents is 1. The second-order valence-electron chi connectivity index (χ2n) is 11.2. The number of fused-ring (bicyclic) bond motifs is 3. The van der Waals surface area contributed by atoms with E-state index >= 15 is 4.39 Å². The number of pyridine rings is 1. The molecule has 3 aliphatic carbocycles. The number of halogens is 2. The first-order valence-electron chi connectivity index (χ1n) is 13.3. The van der Waals surface area contributed by atoms with E-state index in [2.05, 4.69) is 11.2 Å². The molecule has 2 aromatic carbocycles. The van der Waals surface area contributed by atoms with E-state index in [1.54, 1.807) is 6.07 Å². The lowest BCUT2D eigenvalue weighted by Gasteiger charge is -2.26. The van der Waals surface area contributed by atoms with Crippen LogP contribution in [-0.4, -0.2) is 33.0 Å². The Morgan fingerprint density at radius 2 is 1.81 bits per heavy atom. The van der Waals surface area contributed by atoms with E-state index in [-0.39, 0.29) is 29.0 Å². The van der Waals surface area contributed by atoms with E-state index in [1.807, 2.05) is 4.68 Å². The fourth-order valence-corrected chi connectivity index (χ4v) is 6.80. The van der Waals surface area contributed by atoms with Gasteiger partial charge in [-0.2, -0.15) is 5.10 Å². The van der Waals surface area contributed by atoms with Gasteiger partial charge in [-0.05, 0) is 74.2 Å². The molecule has 0 spiro atoms. The second-order valence-corrected chi connectivity index (χ2v) is 11.2. The van der Waals surface area contributed by atoms with Crippen molar-refractivity contribution in [2.24, 2.45) is 11.8 Å². The Balaban J connectivity index is 1.46. The molecule has 37 heavy (non-hydrogen) atoms. The van der Waals surface area contributed by atoms with Gasteiger partial charge in [-0.25, -0.2) is 13.8 Å². The van der Waals surface area contributed by atoms with Crippen LogP contribution in [0, 0.1) is 35.8 Å². The van der Waals surface area contributed by atoms with Crippen LogP contribution in [-0.2, 0) is 0 Å². The monoisotopic (exact) mass is 496 g/mol. The lowest BCUT2D eigenvalue weighted by molar-refractivity contribution is 0.413. The highest BCUT2D eigenvalue weighted by Gasteiger charge is 2.56. The SMILES string of the molecule is C#Cc1c(F)ccc2cc(O)cc(-c3nc(C4CCC4)c4c(C5C6CNC[C@@H]65)nn(C5CC5)c4c3F)c12. The number of terminal acetylenes is 1. The van der Waals surface area contributed by atoms with Crippen LogP contribution in [0.4, 0.5) is 8.78 Å². The Bertz CT molecular complexity index is 1670. The van der Waals surface area contributed by atoms with Crippen LogP contribution < -0.4 is 5.32 Å². The molecule has 3 saturated carbocycles. The number of nitrogens with one attached hydrogen (secondary N) is 1. The highest BCUT2D eigenvalue weighted by molar-refractivity contribution is 6.03. The van der Waals surface area contributed by atoms with E-state index in [0.29, 0.717) is 39.6 Å². The van der Waals surface area contributed by atoms with E-state index in [4.69, 9.17) is 16.5 Å². The fourth-order valence-electron chi connectivity index (χ4n) is 6.80. The molecule has 2 unspecified atom stereocenters. The van der Waals surface area contributed by atoms with Gasteiger partial charge in [0.25, 0.3) is 0 Å². The Labute approximate surface area is 212 Å². The first-order chi connectivity index (χ1) is 18.0. The summed E-state index contributed by atoms with van der Waals surface area (Å²) in [4.78, 5) is 5.00. The Morgan fingerprint density at radius 3 is 2.49 bits per heavy atom. The van der Waals surface area contributed by atoms with Gasteiger partial charge in [-0.1, -0.05) is 18.4 Å². The zero-order chi connectivity index (χ0) is 25.0. The molecular weight excluding hydrogens is 470 g/mol. The van der Waals surface area contributed by atoms with Crippen LogP contribution in [0.25, 0.3) is 32.9 Å². The molecule has 0 radical (unpaired) electrons. The maximum Gasteiger partial charge on any atom is 0.175 e. The smallest absolute Gasteiger partial charge is 0.175 e. The molecule has 2 aromatic heterocycles. The standard InChI is InChI=1S/C30H26F2N4O/c1-2-18-22(31)9-6-15-10-17(37)11-19(23(15)18)28-26(32)30-25(27(34-28)14-4-3-5-14)29(35-36(30)16-7-8-16)24-20-12-33-13-21(20)24/h1,6,9-11,14,16,20-21,24,33,37H,3-5,7-8,12-13H2/t20-,21?,24?/m0/s1. The van der Waals surface area contributed by atoms with Crippen LogP contribution in [0.15, 0.2) is 24.3 Å². The highest BCUT2D eigenvalue weighted by Crippen LogP contribution is 2.58. The van der Waals surface area contributed by atoms with Crippen molar-refractivity contribution < 1.29 is 13.9 Å². The third-order valence-corrected chi connectivity index (χ3v) is 9.08. The molecule has 1 aliphatic heterocycles. The van der Waals surface area contributed by atoms with Crippen LogP contribution in [0.1, 0.15) is 66.9 Å². The quantitative estimate of drug-likeness (QED) is 0.353. The van der Waals surface area contributed by atoms with Crippen molar-refractivity contribution in [3.63, 3.8) is 0 Å². The molecule has 4 aromatic rings. The Hall–Kier alpha value is -3.50. The predicted molar refractivity (Wildman–Crippen MR) is 137 cm³/mol. The molecule has 5 nitrogen and oxygen atoms in total. The van der Waals surface area contributed by atoms with Gasteiger partial charge < -0.3 is 10.4 Å². The molecule has 186 valence electrons. The Kier molecular flexibility index (Phi) is 4.38. The summed E-state index contributed by atoms with van der Waals surface area (Å²) in [5, 5.41) is 20.9. The van der Waals surface area contributed by atoms with E-state index < -0.39 is 11.6 Å². The highest BCUT2D eigenvalue weighted by atomic mass is 19.1. The summed E-state index contributed by atoms with van der Waals surface area (Å²) in [6.07, 6.45) is 10.8. The molecule has 0 bridgehead atoms. The maximum absolute atomic E-state index is 16.8. The first-order valence-corrected chi connectivity index (χ1v) is 13.3. The van der Waals surface area contributed by atoms with Gasteiger partial charge in [0.1, 0.15) is 22.8 Å². The van der Waals surface area contributed by atoms with E-state index in [1.165, 1.54) is 18.2 Å². The number of hydrogen-bond acceptors (Lipinski definition) is 4. The summed E-state index contributed by atoms with van der Waals surface area (Å²) in [5.74, 6) is 3.07. The van der Waals surface area contributed by atoms with Crippen molar-refractivity contribution >= 4 is 21.7 Å². The van der Waals surface area contributed by atoms with E-state index in [9.17, 15) is 9.50 Å². The summed E-state index contributed by atoms with van der Waals surface area (Å²) >= 11 is 0. The predicted octanol–water partition coefficient (Wildman–Crippen LogP) is 5.75. The molecule has 3 atom stereocenters. The summed E-state index contributed by atoms with van der Waals surface area (Å²) in [6.45, 7) is 1.96. The van der Waals surface area contributed by atoms with Crippen LogP contribution in [0.2, 0.25) is 0 Å². The van der Waals surface area contributed by atoms with Gasteiger partial charge in [0.15, 0.2) is 5.82 Å².